The van der Waals surface area contributed by atoms with Gasteiger partial charge < -0.3 is 5.73 Å². The topological polar surface area (TPSA) is 42.2 Å². The predicted octanol–water partition coefficient (Wildman–Crippen LogP) is 1.03. The van der Waals surface area contributed by atoms with Crippen LogP contribution in [0, 0.1) is 0 Å². The summed E-state index contributed by atoms with van der Waals surface area (Å²) in [6, 6.07) is 6.32. The van der Waals surface area contributed by atoms with Crippen LogP contribution in [0.15, 0.2) is 24.4 Å². The van der Waals surface area contributed by atoms with E-state index in [4.69, 9.17) is 5.73 Å². The molecule has 2 N–H and O–H groups in total. The van der Waals surface area contributed by atoms with E-state index < -0.39 is 0 Å². The largest absolute Gasteiger partial charge is 0.329 e. The third-order valence-electron chi connectivity index (χ3n) is 2.26. The minimum absolute atomic E-state index is 0.338. The van der Waals surface area contributed by atoms with Crippen LogP contribution in [0.4, 0.5) is 0 Å². The van der Waals surface area contributed by atoms with E-state index in [1.54, 1.807) is 0 Å². The van der Waals surface area contributed by atoms with Crippen LogP contribution in [0.3, 0.4) is 0 Å². The molecule has 0 saturated carbocycles. The summed E-state index contributed by atoms with van der Waals surface area (Å²) in [5.74, 6) is 0. The molecule has 0 aliphatic carbocycles. The minimum atomic E-state index is 0.338. The molecule has 72 valence electrons. The lowest BCUT2D eigenvalue weighted by Crippen LogP contribution is -2.28. The molecular weight excluding hydrogens is 162 g/mol. The quantitative estimate of drug-likeness (QED) is 0.750. The lowest BCUT2D eigenvalue weighted by Gasteiger charge is -2.23. The number of nitrogens with zero attached hydrogens (tertiary/aromatic N) is 2. The lowest BCUT2D eigenvalue weighted by molar-refractivity contribution is 0.264. The van der Waals surface area contributed by atoms with Gasteiger partial charge in [0.1, 0.15) is 0 Å². The molecule has 0 aliphatic heterocycles. The summed E-state index contributed by atoms with van der Waals surface area (Å²) in [5.41, 5.74) is 6.58. The second kappa shape index (κ2) is 4.94. The van der Waals surface area contributed by atoms with E-state index in [-0.39, 0.29) is 0 Å². The lowest BCUT2D eigenvalue weighted by atomic mass is 10.2. The Morgan fingerprint density at radius 3 is 2.85 bits per heavy atom. The Labute approximate surface area is 79.6 Å². The van der Waals surface area contributed by atoms with Crippen LogP contribution in [0.25, 0.3) is 0 Å². The molecule has 1 rings (SSSR count). The maximum absolute atomic E-state index is 5.48. The second-order valence-electron chi connectivity index (χ2n) is 3.20. The molecule has 1 aromatic rings. The molecular formula is C10H17N3. The molecule has 0 bridgehead atoms. The molecule has 0 fully saturated rings. The summed E-state index contributed by atoms with van der Waals surface area (Å²) in [4.78, 5) is 6.50. The number of rotatable bonds is 4. The zero-order chi connectivity index (χ0) is 9.68. The zero-order valence-electron chi connectivity index (χ0n) is 8.27. The van der Waals surface area contributed by atoms with Crippen molar-refractivity contribution < 1.29 is 0 Å². The van der Waals surface area contributed by atoms with Crippen LogP contribution >= 0.6 is 0 Å². The average Bonchev–Trinajstić information content (AvgIpc) is 2.18. The molecule has 3 heteroatoms. The standard InChI is InChI=1S/C10H17N3/c1-9(13(2)8-6-11)10-5-3-4-7-12-10/h3-5,7,9H,6,8,11H2,1-2H3. The van der Waals surface area contributed by atoms with Gasteiger partial charge in [-0.25, -0.2) is 0 Å². The summed E-state index contributed by atoms with van der Waals surface area (Å²) < 4.78 is 0. The Balaban J connectivity index is 2.62. The van der Waals surface area contributed by atoms with E-state index in [0.717, 1.165) is 12.2 Å². The van der Waals surface area contributed by atoms with Gasteiger partial charge in [-0.1, -0.05) is 6.07 Å². The molecule has 1 heterocycles. The second-order valence-corrected chi connectivity index (χ2v) is 3.20. The van der Waals surface area contributed by atoms with Crippen molar-refractivity contribution in [2.24, 2.45) is 5.73 Å². The first kappa shape index (κ1) is 10.2. The molecule has 1 unspecified atom stereocenters. The van der Waals surface area contributed by atoms with E-state index in [1.165, 1.54) is 0 Å². The van der Waals surface area contributed by atoms with Gasteiger partial charge in [0.05, 0.1) is 5.69 Å². The smallest absolute Gasteiger partial charge is 0.0572 e. The summed E-state index contributed by atoms with van der Waals surface area (Å²) in [7, 11) is 2.06. The van der Waals surface area contributed by atoms with Crippen molar-refractivity contribution in [1.82, 2.24) is 9.88 Å². The van der Waals surface area contributed by atoms with Crippen LogP contribution in [0.5, 0.6) is 0 Å². The van der Waals surface area contributed by atoms with Crippen LogP contribution < -0.4 is 5.73 Å². The Morgan fingerprint density at radius 1 is 1.54 bits per heavy atom. The van der Waals surface area contributed by atoms with Crippen LogP contribution in [-0.2, 0) is 0 Å². The van der Waals surface area contributed by atoms with E-state index in [0.29, 0.717) is 12.6 Å². The third kappa shape index (κ3) is 2.79. The Hall–Kier alpha value is -0.930. The van der Waals surface area contributed by atoms with Gasteiger partial charge in [-0.05, 0) is 26.1 Å². The van der Waals surface area contributed by atoms with Gasteiger partial charge >= 0.3 is 0 Å². The van der Waals surface area contributed by atoms with Crippen molar-refractivity contribution >= 4 is 0 Å². The number of aromatic nitrogens is 1. The summed E-state index contributed by atoms with van der Waals surface area (Å²) in [6.07, 6.45) is 1.82. The molecule has 0 radical (unpaired) electrons. The van der Waals surface area contributed by atoms with Gasteiger partial charge in [-0.15, -0.1) is 0 Å². The molecule has 0 aromatic carbocycles. The molecule has 0 aliphatic rings. The Bertz CT molecular complexity index is 235. The molecule has 0 spiro atoms. The first-order valence-corrected chi connectivity index (χ1v) is 4.57. The highest BCUT2D eigenvalue weighted by Gasteiger charge is 2.10. The number of hydrogen-bond acceptors (Lipinski definition) is 3. The van der Waals surface area contributed by atoms with Gasteiger partial charge in [-0.2, -0.15) is 0 Å². The number of pyridine rings is 1. The van der Waals surface area contributed by atoms with Crippen molar-refractivity contribution in [3.05, 3.63) is 30.1 Å². The van der Waals surface area contributed by atoms with Crippen LogP contribution in [0.1, 0.15) is 18.7 Å². The van der Waals surface area contributed by atoms with Crippen LogP contribution in [0.2, 0.25) is 0 Å². The fraction of sp³-hybridized carbons (Fsp3) is 0.500. The highest BCUT2D eigenvalue weighted by atomic mass is 15.1. The van der Waals surface area contributed by atoms with Crippen molar-refractivity contribution in [3.8, 4) is 0 Å². The van der Waals surface area contributed by atoms with Gasteiger partial charge in [0, 0.05) is 25.3 Å². The van der Waals surface area contributed by atoms with E-state index >= 15 is 0 Å². The Morgan fingerprint density at radius 2 is 2.31 bits per heavy atom. The molecule has 0 amide bonds. The maximum atomic E-state index is 5.48. The fourth-order valence-corrected chi connectivity index (χ4v) is 1.25. The zero-order valence-corrected chi connectivity index (χ0v) is 8.27. The van der Waals surface area contributed by atoms with Gasteiger partial charge in [-0.3, -0.25) is 9.88 Å². The number of nitrogens with two attached hydrogens (primary N) is 1. The van der Waals surface area contributed by atoms with Crippen molar-refractivity contribution in [2.45, 2.75) is 13.0 Å². The first-order chi connectivity index (χ1) is 6.25. The summed E-state index contributed by atoms with van der Waals surface area (Å²) in [5, 5.41) is 0. The fourth-order valence-electron chi connectivity index (χ4n) is 1.25. The van der Waals surface area contributed by atoms with E-state index in [2.05, 4.69) is 23.9 Å². The van der Waals surface area contributed by atoms with Crippen molar-refractivity contribution in [2.75, 3.05) is 20.1 Å². The maximum Gasteiger partial charge on any atom is 0.0572 e. The predicted molar refractivity (Wildman–Crippen MR) is 54.3 cm³/mol. The van der Waals surface area contributed by atoms with Gasteiger partial charge in [0.2, 0.25) is 0 Å². The highest BCUT2D eigenvalue weighted by Crippen LogP contribution is 2.14. The summed E-state index contributed by atoms with van der Waals surface area (Å²) >= 11 is 0. The monoisotopic (exact) mass is 179 g/mol. The van der Waals surface area contributed by atoms with Gasteiger partial charge in [0.15, 0.2) is 0 Å². The van der Waals surface area contributed by atoms with E-state index in [9.17, 15) is 0 Å². The molecule has 1 atom stereocenters. The van der Waals surface area contributed by atoms with E-state index in [1.807, 2.05) is 24.4 Å². The number of likely N-dealkylation sites (N-methyl/N-ethyl adjacent to an activating group) is 1. The van der Waals surface area contributed by atoms with Crippen molar-refractivity contribution in [3.63, 3.8) is 0 Å². The molecule has 0 saturated heterocycles. The molecule has 3 nitrogen and oxygen atoms in total. The van der Waals surface area contributed by atoms with Crippen LogP contribution in [-0.4, -0.2) is 30.0 Å². The molecule has 13 heavy (non-hydrogen) atoms. The third-order valence-corrected chi connectivity index (χ3v) is 2.26. The van der Waals surface area contributed by atoms with Crippen molar-refractivity contribution in [1.29, 1.82) is 0 Å². The minimum Gasteiger partial charge on any atom is -0.329 e. The summed E-state index contributed by atoms with van der Waals surface area (Å²) in [6.45, 7) is 3.73. The normalized spacial score (nSPS) is 13.2. The first-order valence-electron chi connectivity index (χ1n) is 4.57. The highest BCUT2D eigenvalue weighted by molar-refractivity contribution is 5.07. The number of hydrogen-bond donors (Lipinski definition) is 1. The molecule has 1 aromatic heterocycles. The van der Waals surface area contributed by atoms with Gasteiger partial charge in [0.25, 0.3) is 0 Å². The average molecular weight is 179 g/mol. The SMILES string of the molecule is CC(c1ccccn1)N(C)CCN. The Kier molecular flexibility index (Phi) is 3.86.